The maximum atomic E-state index is 11.7. The summed E-state index contributed by atoms with van der Waals surface area (Å²) < 4.78 is 37.2. The average Bonchev–Trinajstić information content (AvgIpc) is 2.69. The van der Waals surface area contributed by atoms with Crippen molar-refractivity contribution >= 4 is 15.2 Å². The first-order chi connectivity index (χ1) is 13.7. The zero-order valence-electron chi connectivity index (χ0n) is 17.7. The molecule has 0 aliphatic rings. The Kier molecular flexibility index (Phi) is 22.2. The van der Waals surface area contributed by atoms with E-state index in [4.69, 9.17) is 32.5 Å². The Morgan fingerprint density at radius 1 is 0.786 bits per heavy atom. The topological polar surface area (TPSA) is 93.7 Å². The second kappa shape index (κ2) is 22.7. The second-order valence-electron chi connectivity index (χ2n) is 5.57. The first-order valence-electron chi connectivity index (χ1n) is 9.92. The van der Waals surface area contributed by atoms with Crippen LogP contribution in [0.1, 0.15) is 20.3 Å². The molecule has 9 nitrogen and oxygen atoms in total. The third-order valence-corrected chi connectivity index (χ3v) is 5.25. The molecule has 0 rings (SSSR count). The molecule has 167 valence electrons. The van der Waals surface area contributed by atoms with Crippen molar-refractivity contribution in [2.24, 2.45) is 0 Å². The van der Waals surface area contributed by atoms with Crippen LogP contribution in [0.4, 0.5) is 0 Å². The number of carbonyl (C=O) groups is 1. The van der Waals surface area contributed by atoms with Gasteiger partial charge in [0.05, 0.1) is 52.9 Å². The van der Waals surface area contributed by atoms with E-state index in [1.165, 1.54) is 0 Å². The van der Waals surface area contributed by atoms with Crippen molar-refractivity contribution in [1.82, 2.24) is 5.32 Å². The fourth-order valence-corrected chi connectivity index (χ4v) is 3.47. The molecule has 0 aliphatic carbocycles. The molecule has 0 saturated heterocycles. The number of rotatable bonds is 22. The molecule has 0 aromatic rings. The summed E-state index contributed by atoms with van der Waals surface area (Å²) in [5.41, 5.74) is 0. The van der Waals surface area contributed by atoms with Gasteiger partial charge in [-0.15, -0.1) is 0 Å². The highest BCUT2D eigenvalue weighted by molar-refractivity contribution is 6.44. The van der Waals surface area contributed by atoms with Gasteiger partial charge in [-0.1, -0.05) is 0 Å². The largest absolute Gasteiger partial charge is 0.394 e. The summed E-state index contributed by atoms with van der Waals surface area (Å²) >= 11 is 0. The number of hydrogen-bond acceptors (Lipinski definition) is 8. The predicted molar refractivity (Wildman–Crippen MR) is 107 cm³/mol. The Balaban J connectivity index is 3.30. The van der Waals surface area contributed by atoms with E-state index in [0.29, 0.717) is 72.6 Å². The second-order valence-corrected chi connectivity index (χ2v) is 7.40. The van der Waals surface area contributed by atoms with Gasteiger partial charge in [0.2, 0.25) is 5.91 Å². The smallest absolute Gasteiger partial charge is 0.384 e. The molecular weight excluding hydrogens is 386 g/mol. The normalized spacial score (nSPS) is 11.3. The van der Waals surface area contributed by atoms with Crippen LogP contribution in [0.5, 0.6) is 0 Å². The molecule has 0 saturated carbocycles. The van der Waals surface area contributed by atoms with Crippen LogP contribution in [0.15, 0.2) is 0 Å². The summed E-state index contributed by atoms with van der Waals surface area (Å²) in [6.07, 6.45) is 0.834. The Hall–Kier alpha value is -0.593. The minimum Gasteiger partial charge on any atom is -0.394 e. The molecule has 28 heavy (non-hydrogen) atoms. The standard InChI is InChI=1S/C18H38NO8Si/c1-4-26-28(27-5-2)16-6-7-19-18(20)17-25-15-14-24-13-12-23-11-10-22-9-8-21-3/h4-17H2,1-3H3,(H,19,20). The van der Waals surface area contributed by atoms with E-state index in [0.717, 1.165) is 12.5 Å². The molecule has 0 bridgehead atoms. The molecule has 0 atom stereocenters. The first kappa shape index (κ1) is 27.4. The molecule has 0 spiro atoms. The maximum Gasteiger partial charge on any atom is 0.384 e. The fourth-order valence-electron chi connectivity index (χ4n) is 1.99. The van der Waals surface area contributed by atoms with Gasteiger partial charge in [-0.25, -0.2) is 0 Å². The monoisotopic (exact) mass is 424 g/mol. The Morgan fingerprint density at radius 3 is 1.79 bits per heavy atom. The van der Waals surface area contributed by atoms with E-state index in [9.17, 15) is 4.79 Å². The molecule has 0 aromatic carbocycles. The number of ether oxygens (including phenoxy) is 5. The lowest BCUT2D eigenvalue weighted by atomic mass is 10.4. The lowest BCUT2D eigenvalue weighted by Gasteiger charge is -2.13. The highest BCUT2D eigenvalue weighted by atomic mass is 28.3. The van der Waals surface area contributed by atoms with Crippen molar-refractivity contribution in [3.05, 3.63) is 0 Å². The van der Waals surface area contributed by atoms with Gasteiger partial charge in [0.1, 0.15) is 6.61 Å². The van der Waals surface area contributed by atoms with Crippen LogP contribution in [0.3, 0.4) is 0 Å². The quantitative estimate of drug-likeness (QED) is 0.201. The van der Waals surface area contributed by atoms with Gasteiger partial charge in [-0.2, -0.15) is 0 Å². The molecule has 0 unspecified atom stereocenters. The fraction of sp³-hybridized carbons (Fsp3) is 0.944. The van der Waals surface area contributed by atoms with Crippen molar-refractivity contribution in [3.8, 4) is 0 Å². The molecule has 0 heterocycles. The molecule has 10 heteroatoms. The van der Waals surface area contributed by atoms with E-state index in [-0.39, 0.29) is 12.5 Å². The molecule has 1 N–H and O–H groups in total. The Morgan fingerprint density at radius 2 is 1.29 bits per heavy atom. The maximum absolute atomic E-state index is 11.7. The minimum atomic E-state index is -1.21. The van der Waals surface area contributed by atoms with Gasteiger partial charge < -0.3 is 37.9 Å². The molecule has 0 fully saturated rings. The van der Waals surface area contributed by atoms with E-state index in [1.54, 1.807) is 7.11 Å². The Bertz CT molecular complexity index is 333. The molecule has 1 radical (unpaired) electrons. The van der Waals surface area contributed by atoms with Crippen molar-refractivity contribution in [2.75, 3.05) is 86.3 Å². The predicted octanol–water partition coefficient (Wildman–Crippen LogP) is 0.767. The van der Waals surface area contributed by atoms with Crippen molar-refractivity contribution in [1.29, 1.82) is 0 Å². The van der Waals surface area contributed by atoms with Crippen LogP contribution >= 0.6 is 0 Å². The lowest BCUT2D eigenvalue weighted by molar-refractivity contribution is -0.126. The van der Waals surface area contributed by atoms with E-state index < -0.39 is 9.28 Å². The van der Waals surface area contributed by atoms with Gasteiger partial charge in [-0.3, -0.25) is 4.79 Å². The van der Waals surface area contributed by atoms with Crippen LogP contribution in [-0.2, 0) is 37.3 Å². The van der Waals surface area contributed by atoms with Crippen molar-refractivity contribution in [3.63, 3.8) is 0 Å². The summed E-state index contributed by atoms with van der Waals surface area (Å²) in [4.78, 5) is 11.7. The molecule has 0 aromatic heterocycles. The summed E-state index contributed by atoms with van der Waals surface area (Å²) in [6.45, 7) is 9.88. The van der Waals surface area contributed by atoms with E-state index in [1.807, 2.05) is 13.8 Å². The van der Waals surface area contributed by atoms with Crippen molar-refractivity contribution in [2.45, 2.75) is 26.3 Å². The van der Waals surface area contributed by atoms with Crippen LogP contribution in [0, 0.1) is 0 Å². The summed E-state index contributed by atoms with van der Waals surface area (Å²) in [6, 6.07) is 0.850. The van der Waals surface area contributed by atoms with Gasteiger partial charge in [0.25, 0.3) is 0 Å². The van der Waals surface area contributed by atoms with Crippen LogP contribution in [0.2, 0.25) is 6.04 Å². The zero-order chi connectivity index (χ0) is 20.7. The van der Waals surface area contributed by atoms with Gasteiger partial charge in [0, 0.05) is 26.9 Å². The van der Waals surface area contributed by atoms with Crippen LogP contribution in [-0.4, -0.2) is 102 Å². The summed E-state index contributed by atoms with van der Waals surface area (Å²) in [7, 11) is 0.431. The third kappa shape index (κ3) is 20.1. The van der Waals surface area contributed by atoms with E-state index in [2.05, 4.69) is 5.32 Å². The number of hydrogen-bond donors (Lipinski definition) is 1. The number of nitrogens with one attached hydrogen (secondary N) is 1. The Labute approximate surface area is 171 Å². The minimum absolute atomic E-state index is 0.0351. The van der Waals surface area contributed by atoms with Crippen LogP contribution in [0.25, 0.3) is 0 Å². The van der Waals surface area contributed by atoms with Gasteiger partial charge >= 0.3 is 9.28 Å². The van der Waals surface area contributed by atoms with E-state index >= 15 is 0 Å². The first-order valence-corrected chi connectivity index (χ1v) is 11.4. The highest BCUT2D eigenvalue weighted by Gasteiger charge is 2.13. The average molecular weight is 425 g/mol. The molecular formula is C18H38NO8Si. The third-order valence-electron chi connectivity index (χ3n) is 3.27. The molecule has 0 aliphatic heterocycles. The van der Waals surface area contributed by atoms with Gasteiger partial charge in [-0.05, 0) is 26.3 Å². The number of carbonyl (C=O) groups excluding carboxylic acids is 1. The van der Waals surface area contributed by atoms with Crippen LogP contribution < -0.4 is 5.32 Å². The molecule has 1 amide bonds. The lowest BCUT2D eigenvalue weighted by Crippen LogP contribution is -2.30. The van der Waals surface area contributed by atoms with Crippen molar-refractivity contribution < 1.29 is 37.3 Å². The summed E-state index contributed by atoms with van der Waals surface area (Å²) in [5.74, 6) is -0.126. The highest BCUT2D eigenvalue weighted by Crippen LogP contribution is 2.00. The number of methoxy groups -OCH3 is 1. The summed E-state index contributed by atoms with van der Waals surface area (Å²) in [5, 5.41) is 2.83. The SMILES string of the molecule is CCO[Si](CCCNC(=O)COCCOCCOCCOCCOC)OCC. The zero-order valence-corrected chi connectivity index (χ0v) is 18.7. The van der Waals surface area contributed by atoms with Gasteiger partial charge in [0.15, 0.2) is 0 Å². The number of amides is 1.